The summed E-state index contributed by atoms with van der Waals surface area (Å²) in [4.78, 5) is 16.9. The molecule has 0 aliphatic carbocycles. The van der Waals surface area contributed by atoms with Crippen LogP contribution in [0.5, 0.6) is 0 Å². The molecule has 0 amide bonds. The average Bonchev–Trinajstić information content (AvgIpc) is 2.73. The Balaban J connectivity index is 2.19. The van der Waals surface area contributed by atoms with Gasteiger partial charge in [0.2, 0.25) is 0 Å². The Morgan fingerprint density at radius 3 is 2.65 bits per heavy atom. The fourth-order valence-corrected chi connectivity index (χ4v) is 2.58. The first-order chi connectivity index (χ1) is 9.52. The van der Waals surface area contributed by atoms with E-state index in [4.69, 9.17) is 5.73 Å². The van der Waals surface area contributed by atoms with Crippen molar-refractivity contribution in [3.05, 3.63) is 30.1 Å². The third-order valence-corrected chi connectivity index (χ3v) is 3.71. The molecule has 108 valence electrons. The highest BCUT2D eigenvalue weighted by atomic mass is 16.1. The number of fused-ring (bicyclic) bond motifs is 1. The molecule has 0 aliphatic rings. The van der Waals surface area contributed by atoms with Crippen molar-refractivity contribution in [2.75, 3.05) is 6.54 Å². The van der Waals surface area contributed by atoms with Gasteiger partial charge in [0.1, 0.15) is 11.6 Å². The molecule has 0 saturated heterocycles. The summed E-state index contributed by atoms with van der Waals surface area (Å²) < 4.78 is 2.00. The van der Waals surface area contributed by atoms with Gasteiger partial charge in [-0.3, -0.25) is 4.79 Å². The van der Waals surface area contributed by atoms with Gasteiger partial charge in [0.25, 0.3) is 0 Å². The van der Waals surface area contributed by atoms with E-state index in [1.807, 2.05) is 35.9 Å². The lowest BCUT2D eigenvalue weighted by molar-refractivity contribution is -0.122. The lowest BCUT2D eigenvalue weighted by Gasteiger charge is -2.15. The molecule has 2 rings (SSSR count). The van der Waals surface area contributed by atoms with Gasteiger partial charge < -0.3 is 10.3 Å². The van der Waals surface area contributed by atoms with Crippen molar-refractivity contribution >= 4 is 16.8 Å². The SMILES string of the molecule is CC(C)CC(CN)C(=O)Cc1nc2ccccc2n1C. The standard InChI is InChI=1S/C16H23N3O/c1-11(2)8-12(10-17)15(20)9-16-18-13-6-4-5-7-14(13)19(16)3/h4-7,11-12H,8-10,17H2,1-3H3. The van der Waals surface area contributed by atoms with Crippen molar-refractivity contribution in [3.8, 4) is 0 Å². The summed E-state index contributed by atoms with van der Waals surface area (Å²) in [5, 5.41) is 0. The van der Waals surface area contributed by atoms with Gasteiger partial charge in [-0.15, -0.1) is 0 Å². The van der Waals surface area contributed by atoms with E-state index >= 15 is 0 Å². The Morgan fingerprint density at radius 1 is 1.35 bits per heavy atom. The monoisotopic (exact) mass is 273 g/mol. The van der Waals surface area contributed by atoms with Crippen molar-refractivity contribution in [3.63, 3.8) is 0 Å². The van der Waals surface area contributed by atoms with Crippen molar-refractivity contribution in [1.82, 2.24) is 9.55 Å². The second-order valence-electron chi connectivity index (χ2n) is 5.78. The van der Waals surface area contributed by atoms with Crippen LogP contribution in [-0.2, 0) is 18.3 Å². The van der Waals surface area contributed by atoms with Crippen LogP contribution in [0, 0.1) is 11.8 Å². The van der Waals surface area contributed by atoms with E-state index in [0.717, 1.165) is 23.3 Å². The molecule has 1 heterocycles. The molecule has 2 N–H and O–H groups in total. The molecular formula is C16H23N3O. The highest BCUT2D eigenvalue weighted by molar-refractivity contribution is 5.84. The Bertz CT molecular complexity index is 601. The third kappa shape index (κ3) is 3.07. The summed E-state index contributed by atoms with van der Waals surface area (Å²) in [5.74, 6) is 1.43. The number of benzene rings is 1. The fourth-order valence-electron chi connectivity index (χ4n) is 2.58. The van der Waals surface area contributed by atoms with E-state index in [2.05, 4.69) is 18.8 Å². The molecule has 0 spiro atoms. The average molecular weight is 273 g/mol. The molecule has 20 heavy (non-hydrogen) atoms. The molecule has 1 atom stereocenters. The first-order valence-corrected chi connectivity index (χ1v) is 7.16. The van der Waals surface area contributed by atoms with E-state index in [1.165, 1.54) is 0 Å². The topological polar surface area (TPSA) is 60.9 Å². The molecular weight excluding hydrogens is 250 g/mol. The molecule has 0 aliphatic heterocycles. The molecule has 1 aromatic heterocycles. The first-order valence-electron chi connectivity index (χ1n) is 7.16. The van der Waals surface area contributed by atoms with E-state index in [9.17, 15) is 4.79 Å². The molecule has 2 aromatic rings. The number of aromatic nitrogens is 2. The number of carbonyl (C=O) groups is 1. The summed E-state index contributed by atoms with van der Waals surface area (Å²) >= 11 is 0. The maximum atomic E-state index is 12.4. The number of para-hydroxylation sites is 2. The van der Waals surface area contributed by atoms with Crippen molar-refractivity contribution < 1.29 is 4.79 Å². The molecule has 1 aromatic carbocycles. The molecule has 4 nitrogen and oxygen atoms in total. The number of aryl methyl sites for hydroxylation is 1. The predicted molar refractivity (Wildman–Crippen MR) is 81.4 cm³/mol. The summed E-state index contributed by atoms with van der Waals surface area (Å²) in [6, 6.07) is 7.93. The van der Waals surface area contributed by atoms with Crippen LogP contribution in [0.2, 0.25) is 0 Å². The van der Waals surface area contributed by atoms with Gasteiger partial charge in [0.15, 0.2) is 0 Å². The van der Waals surface area contributed by atoms with Gasteiger partial charge in [0, 0.05) is 19.5 Å². The van der Waals surface area contributed by atoms with Gasteiger partial charge in [-0.05, 0) is 24.5 Å². The van der Waals surface area contributed by atoms with Crippen LogP contribution in [0.3, 0.4) is 0 Å². The van der Waals surface area contributed by atoms with E-state index < -0.39 is 0 Å². The molecule has 1 unspecified atom stereocenters. The fraction of sp³-hybridized carbons (Fsp3) is 0.500. The van der Waals surface area contributed by atoms with Crippen LogP contribution in [0.25, 0.3) is 11.0 Å². The zero-order valence-corrected chi connectivity index (χ0v) is 12.5. The minimum atomic E-state index is -0.0604. The number of nitrogens with two attached hydrogens (primary N) is 1. The number of rotatable bonds is 6. The quantitative estimate of drug-likeness (QED) is 0.878. The largest absolute Gasteiger partial charge is 0.331 e. The van der Waals surface area contributed by atoms with Crippen molar-refractivity contribution in [1.29, 1.82) is 0 Å². The molecule has 0 fully saturated rings. The number of carbonyl (C=O) groups excluding carboxylic acids is 1. The van der Waals surface area contributed by atoms with Gasteiger partial charge in [-0.25, -0.2) is 4.98 Å². The minimum absolute atomic E-state index is 0.0604. The Hall–Kier alpha value is -1.68. The number of hydrogen-bond acceptors (Lipinski definition) is 3. The zero-order chi connectivity index (χ0) is 14.7. The van der Waals surface area contributed by atoms with Crippen molar-refractivity contribution in [2.45, 2.75) is 26.7 Å². The maximum Gasteiger partial charge on any atom is 0.144 e. The lowest BCUT2D eigenvalue weighted by Crippen LogP contribution is -2.27. The zero-order valence-electron chi connectivity index (χ0n) is 12.5. The summed E-state index contributed by atoms with van der Waals surface area (Å²) in [6.07, 6.45) is 1.21. The lowest BCUT2D eigenvalue weighted by atomic mass is 9.92. The minimum Gasteiger partial charge on any atom is -0.331 e. The Labute approximate surface area is 120 Å². The van der Waals surface area contributed by atoms with Crippen LogP contribution in [0.1, 0.15) is 26.1 Å². The number of ketones is 1. The second kappa shape index (κ2) is 6.18. The number of hydrogen-bond donors (Lipinski definition) is 1. The smallest absolute Gasteiger partial charge is 0.144 e. The van der Waals surface area contributed by atoms with Crippen LogP contribution < -0.4 is 5.73 Å². The highest BCUT2D eigenvalue weighted by Crippen LogP contribution is 2.18. The van der Waals surface area contributed by atoms with E-state index in [0.29, 0.717) is 18.9 Å². The Kier molecular flexibility index (Phi) is 4.55. The van der Waals surface area contributed by atoms with Crippen LogP contribution in [0.4, 0.5) is 0 Å². The van der Waals surface area contributed by atoms with E-state index in [1.54, 1.807) is 0 Å². The first kappa shape index (κ1) is 14.7. The second-order valence-corrected chi connectivity index (χ2v) is 5.78. The van der Waals surface area contributed by atoms with Crippen LogP contribution in [0.15, 0.2) is 24.3 Å². The maximum absolute atomic E-state index is 12.4. The molecule has 0 saturated carbocycles. The van der Waals surface area contributed by atoms with Crippen LogP contribution >= 0.6 is 0 Å². The van der Waals surface area contributed by atoms with Crippen molar-refractivity contribution in [2.24, 2.45) is 24.6 Å². The van der Waals surface area contributed by atoms with Crippen LogP contribution in [-0.4, -0.2) is 21.9 Å². The molecule has 0 radical (unpaired) electrons. The normalized spacial score (nSPS) is 13.1. The summed E-state index contributed by atoms with van der Waals surface area (Å²) in [7, 11) is 1.96. The van der Waals surface area contributed by atoms with Gasteiger partial charge in [-0.2, -0.15) is 0 Å². The van der Waals surface area contributed by atoms with Gasteiger partial charge >= 0.3 is 0 Å². The third-order valence-electron chi connectivity index (χ3n) is 3.71. The number of nitrogens with zero attached hydrogens (tertiary/aromatic N) is 2. The summed E-state index contributed by atoms with van der Waals surface area (Å²) in [5.41, 5.74) is 7.74. The Morgan fingerprint density at radius 2 is 2.05 bits per heavy atom. The summed E-state index contributed by atoms with van der Waals surface area (Å²) in [6.45, 7) is 4.65. The molecule has 4 heteroatoms. The van der Waals surface area contributed by atoms with Gasteiger partial charge in [-0.1, -0.05) is 26.0 Å². The van der Waals surface area contributed by atoms with Gasteiger partial charge in [0.05, 0.1) is 17.5 Å². The highest BCUT2D eigenvalue weighted by Gasteiger charge is 2.20. The van der Waals surface area contributed by atoms with E-state index in [-0.39, 0.29) is 11.7 Å². The molecule has 0 bridgehead atoms. The number of imidazole rings is 1. The predicted octanol–water partition coefficient (Wildman–Crippen LogP) is 2.31. The number of Topliss-reactive ketones (excluding diaryl/α,β-unsaturated/α-hetero) is 1.